The van der Waals surface area contributed by atoms with Crippen molar-refractivity contribution in [3.63, 3.8) is 0 Å². The second-order valence-electron chi connectivity index (χ2n) is 3.12. The maximum atomic E-state index is 3.01. The molecule has 0 saturated heterocycles. The van der Waals surface area contributed by atoms with E-state index in [0.29, 0.717) is 0 Å². The number of nitrogens with one attached hydrogen (secondary N) is 1. The van der Waals surface area contributed by atoms with Crippen molar-refractivity contribution < 1.29 is 17.0 Å². The number of aromatic nitrogens is 2. The number of allylic oxidation sites excluding steroid dienone is 1. The number of hydrogen-bond donors (Lipinski definition) is 1. The third-order valence-corrected chi connectivity index (χ3v) is 2.03. The molecule has 0 amide bonds. The van der Waals surface area contributed by atoms with Crippen molar-refractivity contribution >= 4 is 6.08 Å². The van der Waals surface area contributed by atoms with Crippen LogP contribution in [0.3, 0.4) is 0 Å². The molecule has 1 heterocycles. The topological polar surface area (TPSA) is 19.7 Å². The summed E-state index contributed by atoms with van der Waals surface area (Å²) in [7, 11) is 0. The number of halogens is 1. The second kappa shape index (κ2) is 6.04. The molecule has 0 aliphatic heterocycles. The lowest BCUT2D eigenvalue weighted by molar-refractivity contribution is -0.685. The van der Waals surface area contributed by atoms with E-state index in [2.05, 4.69) is 33.8 Å². The first-order valence-electron chi connectivity index (χ1n) is 4.68. The molecule has 1 aromatic carbocycles. The molecule has 0 aliphatic carbocycles. The number of H-pyrrole nitrogens is 1. The van der Waals surface area contributed by atoms with Gasteiger partial charge in [-0.25, -0.2) is 4.57 Å². The van der Waals surface area contributed by atoms with Gasteiger partial charge in [-0.05, 0) is 11.6 Å². The van der Waals surface area contributed by atoms with E-state index in [9.17, 15) is 0 Å². The molecule has 1 N–H and O–H groups in total. The van der Waals surface area contributed by atoms with Crippen LogP contribution in [0.4, 0.5) is 0 Å². The van der Waals surface area contributed by atoms with E-state index >= 15 is 0 Å². The smallest absolute Gasteiger partial charge is 0.241 e. The van der Waals surface area contributed by atoms with Crippen molar-refractivity contribution in [3.8, 4) is 0 Å². The Morgan fingerprint density at radius 3 is 2.67 bits per heavy atom. The van der Waals surface area contributed by atoms with E-state index in [1.807, 2.05) is 36.9 Å². The molecular formula is C12H13ClN2. The zero-order chi connectivity index (χ0) is 9.64. The van der Waals surface area contributed by atoms with Crippen molar-refractivity contribution in [1.29, 1.82) is 0 Å². The van der Waals surface area contributed by atoms with Gasteiger partial charge in [0, 0.05) is 0 Å². The quantitative estimate of drug-likeness (QED) is 0.642. The van der Waals surface area contributed by atoms with Crippen molar-refractivity contribution in [3.05, 3.63) is 60.7 Å². The third-order valence-electron chi connectivity index (χ3n) is 2.03. The van der Waals surface area contributed by atoms with Crippen LogP contribution in [-0.2, 0) is 6.54 Å². The molecule has 3 heteroatoms. The number of rotatable bonds is 3. The lowest BCUT2D eigenvalue weighted by atomic mass is 10.2. The number of nitrogens with zero attached hydrogens (tertiary/aromatic N) is 1. The van der Waals surface area contributed by atoms with E-state index in [0.717, 1.165) is 6.54 Å². The van der Waals surface area contributed by atoms with Gasteiger partial charge in [0.05, 0.1) is 0 Å². The fourth-order valence-corrected chi connectivity index (χ4v) is 1.31. The first-order valence-corrected chi connectivity index (χ1v) is 4.68. The molecule has 2 aromatic rings. The Balaban J connectivity index is 0.00000112. The summed E-state index contributed by atoms with van der Waals surface area (Å²) >= 11 is 0. The highest BCUT2D eigenvalue weighted by Crippen LogP contribution is 2.00. The standard InChI is InChI=1S/C12H12N2.ClH/c1-2-5-12(6-3-1)7-4-9-14-10-8-13-11-14;/h1-8,10-11H,9H2;1H. The molecule has 0 radical (unpaired) electrons. The van der Waals surface area contributed by atoms with Gasteiger partial charge in [-0.3, -0.25) is 4.98 Å². The minimum Gasteiger partial charge on any atom is -1.00 e. The molecule has 0 aliphatic rings. The van der Waals surface area contributed by atoms with E-state index in [1.165, 1.54) is 5.56 Å². The Kier molecular flexibility index (Phi) is 4.64. The van der Waals surface area contributed by atoms with Crippen LogP contribution in [0.1, 0.15) is 5.56 Å². The Hall–Kier alpha value is -1.54. The fourth-order valence-electron chi connectivity index (χ4n) is 1.31. The second-order valence-corrected chi connectivity index (χ2v) is 3.12. The van der Waals surface area contributed by atoms with E-state index < -0.39 is 0 Å². The Labute approximate surface area is 95.7 Å². The van der Waals surface area contributed by atoms with Crippen molar-refractivity contribution in [1.82, 2.24) is 4.98 Å². The van der Waals surface area contributed by atoms with Gasteiger partial charge in [-0.2, -0.15) is 0 Å². The molecule has 0 fully saturated rings. The average Bonchev–Trinajstić information content (AvgIpc) is 2.72. The average molecular weight is 221 g/mol. The van der Waals surface area contributed by atoms with E-state index in [1.54, 1.807) is 0 Å². The highest BCUT2D eigenvalue weighted by molar-refractivity contribution is 5.48. The third kappa shape index (κ3) is 3.60. The molecule has 2 rings (SSSR count). The number of hydrogen-bond acceptors (Lipinski definition) is 0. The molecule has 1 aromatic heterocycles. The SMILES string of the molecule is C(=Cc1ccccc1)C[n+]1cc[nH]c1.[Cl-]. The predicted molar refractivity (Wildman–Crippen MR) is 56.5 cm³/mol. The summed E-state index contributed by atoms with van der Waals surface area (Å²) < 4.78 is 2.08. The molecule has 0 atom stereocenters. The largest absolute Gasteiger partial charge is 1.00 e. The highest BCUT2D eigenvalue weighted by atomic mass is 35.5. The van der Waals surface area contributed by atoms with Crippen molar-refractivity contribution in [2.45, 2.75) is 6.54 Å². The minimum absolute atomic E-state index is 0. The lowest BCUT2D eigenvalue weighted by Gasteiger charge is -1.90. The molecule has 15 heavy (non-hydrogen) atoms. The molecule has 0 bridgehead atoms. The van der Waals surface area contributed by atoms with Crippen LogP contribution in [-0.4, -0.2) is 4.98 Å². The maximum absolute atomic E-state index is 3.01. The zero-order valence-corrected chi connectivity index (χ0v) is 9.06. The first-order chi connectivity index (χ1) is 6.95. The molecule has 78 valence electrons. The van der Waals surface area contributed by atoms with Crippen LogP contribution in [0.15, 0.2) is 55.1 Å². The zero-order valence-electron chi connectivity index (χ0n) is 8.31. The summed E-state index contributed by atoms with van der Waals surface area (Å²) in [5, 5.41) is 0. The summed E-state index contributed by atoms with van der Waals surface area (Å²) in [5.41, 5.74) is 1.24. The van der Waals surface area contributed by atoms with Crippen LogP contribution in [0.2, 0.25) is 0 Å². The summed E-state index contributed by atoms with van der Waals surface area (Å²) in [4.78, 5) is 3.01. The normalized spacial score (nSPS) is 10.1. The molecule has 0 saturated carbocycles. The molecular weight excluding hydrogens is 208 g/mol. The number of imidazole rings is 1. The van der Waals surface area contributed by atoms with Crippen LogP contribution in [0.25, 0.3) is 6.08 Å². The Bertz CT molecular complexity index is 393. The molecule has 2 nitrogen and oxygen atoms in total. The van der Waals surface area contributed by atoms with Gasteiger partial charge in [0.1, 0.15) is 18.9 Å². The number of aromatic amines is 1. The Morgan fingerprint density at radius 2 is 2.00 bits per heavy atom. The monoisotopic (exact) mass is 220 g/mol. The summed E-state index contributed by atoms with van der Waals surface area (Å²) in [5.74, 6) is 0. The van der Waals surface area contributed by atoms with Crippen LogP contribution < -0.4 is 17.0 Å². The van der Waals surface area contributed by atoms with Gasteiger partial charge in [0.25, 0.3) is 0 Å². The van der Waals surface area contributed by atoms with Crippen molar-refractivity contribution in [2.24, 2.45) is 0 Å². The van der Waals surface area contributed by atoms with Gasteiger partial charge < -0.3 is 12.4 Å². The van der Waals surface area contributed by atoms with Crippen LogP contribution >= 0.6 is 0 Å². The predicted octanol–water partition coefficient (Wildman–Crippen LogP) is -0.980. The minimum atomic E-state index is 0. The maximum Gasteiger partial charge on any atom is 0.241 e. The van der Waals surface area contributed by atoms with Gasteiger partial charge in [0.15, 0.2) is 0 Å². The fraction of sp³-hybridized carbons (Fsp3) is 0.0833. The summed E-state index contributed by atoms with van der Waals surface area (Å²) in [6, 6.07) is 10.3. The Morgan fingerprint density at radius 1 is 1.20 bits per heavy atom. The van der Waals surface area contributed by atoms with Gasteiger partial charge in [-0.15, -0.1) is 0 Å². The van der Waals surface area contributed by atoms with Gasteiger partial charge in [0.2, 0.25) is 6.33 Å². The first kappa shape index (κ1) is 11.5. The summed E-state index contributed by atoms with van der Waals surface area (Å²) in [6.07, 6.45) is 10.1. The summed E-state index contributed by atoms with van der Waals surface area (Å²) in [6.45, 7) is 0.901. The van der Waals surface area contributed by atoms with Crippen molar-refractivity contribution in [2.75, 3.05) is 0 Å². The van der Waals surface area contributed by atoms with Gasteiger partial charge >= 0.3 is 0 Å². The molecule has 0 spiro atoms. The van der Waals surface area contributed by atoms with E-state index in [4.69, 9.17) is 0 Å². The lowest BCUT2D eigenvalue weighted by Crippen LogP contribution is -3.00. The van der Waals surface area contributed by atoms with Crippen LogP contribution in [0.5, 0.6) is 0 Å². The van der Waals surface area contributed by atoms with Gasteiger partial charge in [-0.1, -0.05) is 36.4 Å². The molecule has 0 unspecified atom stereocenters. The van der Waals surface area contributed by atoms with Crippen LogP contribution in [0, 0.1) is 0 Å². The van der Waals surface area contributed by atoms with E-state index in [-0.39, 0.29) is 12.4 Å². The number of benzene rings is 1. The highest BCUT2D eigenvalue weighted by Gasteiger charge is 1.90.